The summed E-state index contributed by atoms with van der Waals surface area (Å²) < 4.78 is 84.7. The number of hydrogen-bond donors (Lipinski definition) is 2. The molecule has 1 aromatic heterocycles. The van der Waals surface area contributed by atoms with Crippen molar-refractivity contribution < 1.29 is 45.8 Å². The lowest BCUT2D eigenvalue weighted by molar-refractivity contribution is -0.152. The second-order valence-electron chi connectivity index (χ2n) is 8.38. The number of ether oxygens (including phenoxy) is 1. The van der Waals surface area contributed by atoms with Gasteiger partial charge in [-0.1, -0.05) is 29.8 Å². The van der Waals surface area contributed by atoms with Crippen LogP contribution in [0.2, 0.25) is 5.02 Å². The van der Waals surface area contributed by atoms with E-state index in [2.05, 4.69) is 15.3 Å². The number of alkyl halides is 6. The number of hydrogen-bond acceptors (Lipinski definition) is 5. The van der Waals surface area contributed by atoms with E-state index in [9.17, 15) is 35.9 Å². The number of aliphatic carboxylic acids is 1. The molecule has 0 saturated heterocycles. The molecule has 202 valence electrons. The molecule has 0 unspecified atom stereocenters. The molecular weight excluding hydrogens is 544 g/mol. The molecule has 0 atom stereocenters. The van der Waals surface area contributed by atoms with Gasteiger partial charge in [0.15, 0.2) is 17.1 Å². The molecule has 2 N–H and O–H groups in total. The topological polar surface area (TPSA) is 101 Å². The van der Waals surface area contributed by atoms with Crippen molar-refractivity contribution in [1.82, 2.24) is 15.3 Å². The van der Waals surface area contributed by atoms with Gasteiger partial charge in [-0.15, -0.1) is 0 Å². The van der Waals surface area contributed by atoms with Crippen LogP contribution in [0.1, 0.15) is 41.0 Å². The molecule has 0 aliphatic carbocycles. The normalized spacial score (nSPS) is 12.2. The average Bonchev–Trinajstić information content (AvgIpc) is 2.81. The molecular formula is C24H18ClF6N3O4. The number of nitrogens with zero attached hydrogens (tertiary/aromatic N) is 2. The fourth-order valence-electron chi connectivity index (χ4n) is 3.06. The van der Waals surface area contributed by atoms with Gasteiger partial charge in [0.25, 0.3) is 5.91 Å². The van der Waals surface area contributed by atoms with Gasteiger partial charge < -0.3 is 15.2 Å². The first-order valence-corrected chi connectivity index (χ1v) is 11.0. The first-order valence-electron chi connectivity index (χ1n) is 10.6. The van der Waals surface area contributed by atoms with Crippen LogP contribution in [0.15, 0.2) is 48.7 Å². The number of aromatic nitrogens is 2. The third-order valence-electron chi connectivity index (χ3n) is 5.12. The first kappa shape index (κ1) is 28.7. The molecule has 3 rings (SSSR count). The standard InChI is InChI=1S/C24H18ClF6N3O4/c1-22(2,21(36)37)38-15-8-5-13(17(25)9-15)10-33-20(35)16-11-32-19(34-18(16)24(29,30)31)12-3-6-14(7-4-12)23(26,27)28/h3-9,11H,10H2,1-2H3,(H,33,35)(H,36,37). The van der Waals surface area contributed by atoms with Crippen molar-refractivity contribution in [2.75, 3.05) is 0 Å². The maximum absolute atomic E-state index is 13.7. The number of carboxylic acids is 1. The average molecular weight is 562 g/mol. The number of halogens is 7. The van der Waals surface area contributed by atoms with Gasteiger partial charge >= 0.3 is 18.3 Å². The van der Waals surface area contributed by atoms with Crippen LogP contribution in [0.5, 0.6) is 5.75 Å². The summed E-state index contributed by atoms with van der Waals surface area (Å²) in [7, 11) is 0. The van der Waals surface area contributed by atoms with E-state index in [0.717, 1.165) is 12.1 Å². The molecule has 0 fully saturated rings. The molecule has 2 aromatic carbocycles. The third kappa shape index (κ3) is 6.71. The molecule has 0 saturated carbocycles. The fourth-order valence-corrected chi connectivity index (χ4v) is 3.29. The molecule has 0 bridgehead atoms. The van der Waals surface area contributed by atoms with Crippen molar-refractivity contribution in [3.05, 3.63) is 76.1 Å². The van der Waals surface area contributed by atoms with E-state index < -0.39 is 52.5 Å². The zero-order valence-electron chi connectivity index (χ0n) is 19.5. The van der Waals surface area contributed by atoms with Crippen LogP contribution < -0.4 is 10.1 Å². The number of amides is 1. The molecule has 0 aliphatic heterocycles. The number of nitrogens with one attached hydrogen (secondary N) is 1. The van der Waals surface area contributed by atoms with Crippen molar-refractivity contribution >= 4 is 23.5 Å². The number of benzene rings is 2. The third-order valence-corrected chi connectivity index (χ3v) is 5.48. The summed E-state index contributed by atoms with van der Waals surface area (Å²) in [5.41, 5.74) is -4.87. The second kappa shape index (κ2) is 10.5. The van der Waals surface area contributed by atoms with Crippen LogP contribution in [0.4, 0.5) is 26.3 Å². The minimum Gasteiger partial charge on any atom is -0.478 e. The van der Waals surface area contributed by atoms with Gasteiger partial charge in [-0.05, 0) is 43.7 Å². The Morgan fingerprint density at radius 3 is 2.16 bits per heavy atom. The first-order chi connectivity index (χ1) is 17.5. The molecule has 0 aliphatic rings. The lowest BCUT2D eigenvalue weighted by Gasteiger charge is -2.22. The van der Waals surface area contributed by atoms with Crippen molar-refractivity contribution in [1.29, 1.82) is 0 Å². The highest BCUT2D eigenvalue weighted by Crippen LogP contribution is 2.33. The smallest absolute Gasteiger partial charge is 0.434 e. The molecule has 1 amide bonds. The van der Waals surface area contributed by atoms with Crippen LogP contribution in [-0.2, 0) is 23.7 Å². The van der Waals surface area contributed by atoms with Crippen molar-refractivity contribution in [2.45, 2.75) is 38.3 Å². The van der Waals surface area contributed by atoms with E-state index in [1.165, 1.54) is 32.0 Å². The van der Waals surface area contributed by atoms with Crippen molar-refractivity contribution in [3.8, 4) is 17.1 Å². The monoisotopic (exact) mass is 561 g/mol. The SMILES string of the molecule is CC(C)(Oc1ccc(CNC(=O)c2cnc(-c3ccc(C(F)(F)F)cc3)nc2C(F)(F)F)c(Cl)c1)C(=O)O. The van der Waals surface area contributed by atoms with E-state index in [-0.39, 0.29) is 28.4 Å². The molecule has 0 spiro atoms. The Balaban J connectivity index is 1.81. The largest absolute Gasteiger partial charge is 0.478 e. The van der Waals surface area contributed by atoms with E-state index in [1.54, 1.807) is 0 Å². The van der Waals surface area contributed by atoms with E-state index >= 15 is 0 Å². The van der Waals surface area contributed by atoms with Crippen LogP contribution in [0.3, 0.4) is 0 Å². The predicted molar refractivity (Wildman–Crippen MR) is 122 cm³/mol. The van der Waals surface area contributed by atoms with Gasteiger partial charge in [0, 0.05) is 23.3 Å². The highest BCUT2D eigenvalue weighted by molar-refractivity contribution is 6.31. The Morgan fingerprint density at radius 2 is 1.63 bits per heavy atom. The Morgan fingerprint density at radius 1 is 1.00 bits per heavy atom. The van der Waals surface area contributed by atoms with Crippen LogP contribution in [0.25, 0.3) is 11.4 Å². The van der Waals surface area contributed by atoms with Crippen LogP contribution in [0, 0.1) is 0 Å². The van der Waals surface area contributed by atoms with E-state index in [1.807, 2.05) is 0 Å². The van der Waals surface area contributed by atoms with Crippen LogP contribution >= 0.6 is 11.6 Å². The van der Waals surface area contributed by atoms with Crippen LogP contribution in [-0.4, -0.2) is 32.6 Å². The molecule has 3 aromatic rings. The second-order valence-corrected chi connectivity index (χ2v) is 8.79. The maximum Gasteiger partial charge on any atom is 0.434 e. The van der Waals surface area contributed by atoms with Gasteiger partial charge in [0.2, 0.25) is 0 Å². The van der Waals surface area contributed by atoms with Crippen molar-refractivity contribution in [3.63, 3.8) is 0 Å². The van der Waals surface area contributed by atoms with Crippen molar-refractivity contribution in [2.24, 2.45) is 0 Å². The number of rotatable bonds is 7. The number of carbonyl (C=O) groups excluding carboxylic acids is 1. The maximum atomic E-state index is 13.7. The molecule has 7 nitrogen and oxygen atoms in total. The van der Waals surface area contributed by atoms with E-state index in [0.29, 0.717) is 18.3 Å². The summed E-state index contributed by atoms with van der Waals surface area (Å²) in [6, 6.07) is 7.25. The minimum atomic E-state index is -5.08. The predicted octanol–water partition coefficient (Wildman–Crippen LogP) is 6.01. The zero-order valence-corrected chi connectivity index (χ0v) is 20.3. The Bertz CT molecular complexity index is 1360. The quantitative estimate of drug-likeness (QED) is 0.343. The zero-order chi connectivity index (χ0) is 28.5. The summed E-state index contributed by atoms with van der Waals surface area (Å²) in [4.78, 5) is 30.9. The highest BCUT2D eigenvalue weighted by Gasteiger charge is 2.38. The molecule has 1 heterocycles. The minimum absolute atomic E-state index is 0.0499. The summed E-state index contributed by atoms with van der Waals surface area (Å²) in [5.74, 6) is -2.81. The Hall–Kier alpha value is -3.87. The molecule has 0 radical (unpaired) electrons. The highest BCUT2D eigenvalue weighted by atomic mass is 35.5. The summed E-state index contributed by atoms with van der Waals surface area (Å²) in [6.07, 6.45) is -9.09. The number of carbonyl (C=O) groups is 2. The fraction of sp³-hybridized carbons (Fsp3) is 0.250. The molecule has 14 heteroatoms. The Labute approximate surface area is 216 Å². The van der Waals surface area contributed by atoms with Gasteiger partial charge in [-0.25, -0.2) is 14.8 Å². The Kier molecular flexibility index (Phi) is 7.91. The lowest BCUT2D eigenvalue weighted by Crippen LogP contribution is -2.37. The summed E-state index contributed by atoms with van der Waals surface area (Å²) in [5, 5.41) is 11.5. The van der Waals surface area contributed by atoms with E-state index in [4.69, 9.17) is 21.4 Å². The van der Waals surface area contributed by atoms with Gasteiger partial charge in [0.05, 0.1) is 11.1 Å². The van der Waals surface area contributed by atoms with Gasteiger partial charge in [0.1, 0.15) is 5.75 Å². The van der Waals surface area contributed by atoms with Gasteiger partial charge in [-0.3, -0.25) is 4.79 Å². The lowest BCUT2D eigenvalue weighted by atomic mass is 10.1. The number of carboxylic acid groups (broad SMARTS) is 1. The summed E-state index contributed by atoms with van der Waals surface area (Å²) in [6.45, 7) is 2.33. The van der Waals surface area contributed by atoms with Gasteiger partial charge in [-0.2, -0.15) is 26.3 Å². The summed E-state index contributed by atoms with van der Waals surface area (Å²) >= 11 is 6.15. The molecule has 38 heavy (non-hydrogen) atoms.